The van der Waals surface area contributed by atoms with E-state index in [1.165, 1.54) is 7.11 Å². The molecule has 2 aliphatic rings. The number of methoxy groups -OCH3 is 1. The molecule has 2 saturated heterocycles. The van der Waals surface area contributed by atoms with Crippen LogP contribution in [0, 0.1) is 5.41 Å². The van der Waals surface area contributed by atoms with Gasteiger partial charge < -0.3 is 14.4 Å². The summed E-state index contributed by atoms with van der Waals surface area (Å²) in [5, 5.41) is 0. The molecule has 5 heteroatoms. The highest BCUT2D eigenvalue weighted by Crippen LogP contribution is 2.30. The van der Waals surface area contributed by atoms with Gasteiger partial charge in [0, 0.05) is 32.7 Å². The predicted octanol–water partition coefficient (Wildman–Crippen LogP) is -0.186. The lowest BCUT2D eigenvalue weighted by Gasteiger charge is -2.44. The fourth-order valence-corrected chi connectivity index (χ4v) is 2.53. The van der Waals surface area contributed by atoms with E-state index in [4.69, 9.17) is 9.47 Å². The molecule has 0 aromatic heterocycles. The van der Waals surface area contributed by atoms with Crippen LogP contribution in [0.25, 0.3) is 0 Å². The number of hydrogen-bond donors (Lipinski definition) is 0. The highest BCUT2D eigenvalue weighted by Gasteiger charge is 2.48. The maximum Gasteiger partial charge on any atom is 0.317 e. The molecule has 0 N–H and O–H groups in total. The highest BCUT2D eigenvalue weighted by molar-refractivity contribution is 5.78. The van der Waals surface area contributed by atoms with Gasteiger partial charge in [-0.1, -0.05) is 6.92 Å². The van der Waals surface area contributed by atoms with Gasteiger partial charge in [0.15, 0.2) is 0 Å². The second-order valence-electron chi connectivity index (χ2n) is 4.98. The van der Waals surface area contributed by atoms with Crippen LogP contribution in [0.4, 0.5) is 0 Å². The van der Waals surface area contributed by atoms with Gasteiger partial charge in [0.05, 0.1) is 20.3 Å². The minimum atomic E-state index is -0.400. The van der Waals surface area contributed by atoms with Gasteiger partial charge in [0.2, 0.25) is 0 Å². The van der Waals surface area contributed by atoms with E-state index in [2.05, 4.69) is 16.7 Å². The SMILES string of the molecule is CCN1CCN(CC2(C(=O)OC)COC2)CC1. The predicted molar refractivity (Wildman–Crippen MR) is 63.8 cm³/mol. The number of likely N-dealkylation sites (N-methyl/N-ethyl adjacent to an activating group) is 1. The Balaban J connectivity index is 1.86. The molecule has 0 bridgehead atoms. The Bertz CT molecular complexity index is 271. The van der Waals surface area contributed by atoms with Gasteiger partial charge in [-0.05, 0) is 6.54 Å². The molecule has 0 aromatic rings. The quantitative estimate of drug-likeness (QED) is 0.639. The maximum atomic E-state index is 11.8. The molecule has 2 rings (SSSR count). The third kappa shape index (κ3) is 2.61. The molecule has 2 aliphatic heterocycles. The number of carbonyl (C=O) groups is 1. The fraction of sp³-hybridized carbons (Fsp3) is 0.917. The molecule has 0 unspecified atom stereocenters. The maximum absolute atomic E-state index is 11.8. The zero-order chi connectivity index (χ0) is 12.3. The van der Waals surface area contributed by atoms with Crippen LogP contribution in [0.3, 0.4) is 0 Å². The molecule has 0 saturated carbocycles. The Hall–Kier alpha value is -0.650. The first-order valence-corrected chi connectivity index (χ1v) is 6.31. The van der Waals surface area contributed by atoms with Crippen molar-refractivity contribution in [2.24, 2.45) is 5.41 Å². The molecular formula is C12H22N2O3. The largest absolute Gasteiger partial charge is 0.468 e. The van der Waals surface area contributed by atoms with Gasteiger partial charge in [0.25, 0.3) is 0 Å². The van der Waals surface area contributed by atoms with Crippen LogP contribution in [0.2, 0.25) is 0 Å². The Labute approximate surface area is 103 Å². The number of nitrogens with zero attached hydrogens (tertiary/aromatic N) is 2. The lowest BCUT2D eigenvalue weighted by molar-refractivity contribution is -0.187. The van der Waals surface area contributed by atoms with Crippen LogP contribution in [-0.4, -0.2) is 75.4 Å². The monoisotopic (exact) mass is 242 g/mol. The summed E-state index contributed by atoms with van der Waals surface area (Å²) >= 11 is 0. The standard InChI is InChI=1S/C12H22N2O3/c1-3-13-4-6-14(7-5-13)8-12(9-17-10-12)11(15)16-2/h3-10H2,1-2H3. The number of piperazine rings is 1. The lowest BCUT2D eigenvalue weighted by Crippen LogP contribution is -2.59. The average Bonchev–Trinajstić information content (AvgIpc) is 2.33. The molecule has 0 aliphatic carbocycles. The van der Waals surface area contributed by atoms with E-state index < -0.39 is 5.41 Å². The van der Waals surface area contributed by atoms with E-state index in [1.807, 2.05) is 0 Å². The van der Waals surface area contributed by atoms with Crippen molar-refractivity contribution in [2.75, 3.05) is 59.6 Å². The van der Waals surface area contributed by atoms with Crippen molar-refractivity contribution < 1.29 is 14.3 Å². The molecule has 0 aromatic carbocycles. The van der Waals surface area contributed by atoms with E-state index in [1.54, 1.807) is 0 Å². The molecule has 5 nitrogen and oxygen atoms in total. The van der Waals surface area contributed by atoms with E-state index in [9.17, 15) is 4.79 Å². The second kappa shape index (κ2) is 5.33. The molecule has 98 valence electrons. The Morgan fingerprint density at radius 2 is 1.82 bits per heavy atom. The summed E-state index contributed by atoms with van der Waals surface area (Å²) in [5.74, 6) is -0.123. The summed E-state index contributed by atoms with van der Waals surface area (Å²) < 4.78 is 10.1. The molecule has 2 heterocycles. The summed E-state index contributed by atoms with van der Waals surface area (Å²) in [5.41, 5.74) is -0.400. The Kier molecular flexibility index (Phi) is 4.01. The third-order valence-electron chi connectivity index (χ3n) is 3.81. The topological polar surface area (TPSA) is 42.0 Å². The summed E-state index contributed by atoms with van der Waals surface area (Å²) in [7, 11) is 1.46. The summed E-state index contributed by atoms with van der Waals surface area (Å²) in [6.07, 6.45) is 0. The number of hydrogen-bond acceptors (Lipinski definition) is 5. The number of carbonyl (C=O) groups excluding carboxylic acids is 1. The molecule has 2 fully saturated rings. The van der Waals surface area contributed by atoms with Gasteiger partial charge in [-0.15, -0.1) is 0 Å². The first kappa shape index (κ1) is 12.8. The third-order valence-corrected chi connectivity index (χ3v) is 3.81. The first-order chi connectivity index (χ1) is 8.20. The molecule has 0 amide bonds. The fourth-order valence-electron chi connectivity index (χ4n) is 2.53. The number of esters is 1. The molecule has 0 spiro atoms. The average molecular weight is 242 g/mol. The minimum absolute atomic E-state index is 0.123. The van der Waals surface area contributed by atoms with Crippen molar-refractivity contribution >= 4 is 5.97 Å². The van der Waals surface area contributed by atoms with Crippen LogP contribution >= 0.6 is 0 Å². The lowest BCUT2D eigenvalue weighted by atomic mass is 9.85. The zero-order valence-corrected chi connectivity index (χ0v) is 10.8. The van der Waals surface area contributed by atoms with Crippen LogP contribution in [-0.2, 0) is 14.3 Å². The van der Waals surface area contributed by atoms with Crippen molar-refractivity contribution in [3.63, 3.8) is 0 Å². The van der Waals surface area contributed by atoms with E-state index in [0.717, 1.165) is 39.3 Å². The Morgan fingerprint density at radius 1 is 1.24 bits per heavy atom. The van der Waals surface area contributed by atoms with Crippen LogP contribution in [0.15, 0.2) is 0 Å². The molecule has 17 heavy (non-hydrogen) atoms. The second-order valence-corrected chi connectivity index (χ2v) is 4.98. The van der Waals surface area contributed by atoms with Gasteiger partial charge >= 0.3 is 5.97 Å². The molecule has 0 atom stereocenters. The van der Waals surface area contributed by atoms with E-state index in [-0.39, 0.29) is 5.97 Å². The van der Waals surface area contributed by atoms with Crippen LogP contribution in [0.1, 0.15) is 6.92 Å². The minimum Gasteiger partial charge on any atom is -0.468 e. The zero-order valence-electron chi connectivity index (χ0n) is 10.8. The van der Waals surface area contributed by atoms with E-state index >= 15 is 0 Å². The van der Waals surface area contributed by atoms with Gasteiger partial charge in [-0.2, -0.15) is 0 Å². The number of ether oxygens (including phenoxy) is 2. The normalized spacial score (nSPS) is 25.3. The smallest absolute Gasteiger partial charge is 0.317 e. The molecule has 0 radical (unpaired) electrons. The van der Waals surface area contributed by atoms with Crippen molar-refractivity contribution in [1.29, 1.82) is 0 Å². The van der Waals surface area contributed by atoms with Crippen LogP contribution in [0.5, 0.6) is 0 Å². The summed E-state index contributed by atoms with van der Waals surface area (Å²) in [4.78, 5) is 16.6. The first-order valence-electron chi connectivity index (χ1n) is 6.31. The summed E-state index contributed by atoms with van der Waals surface area (Å²) in [6, 6.07) is 0. The van der Waals surface area contributed by atoms with Crippen molar-refractivity contribution in [2.45, 2.75) is 6.92 Å². The van der Waals surface area contributed by atoms with Crippen LogP contribution < -0.4 is 0 Å². The van der Waals surface area contributed by atoms with Crippen molar-refractivity contribution in [1.82, 2.24) is 9.80 Å². The van der Waals surface area contributed by atoms with Crippen molar-refractivity contribution in [3.05, 3.63) is 0 Å². The highest BCUT2D eigenvalue weighted by atomic mass is 16.5. The summed E-state index contributed by atoms with van der Waals surface area (Å²) in [6.45, 7) is 9.34. The molecular weight excluding hydrogens is 220 g/mol. The van der Waals surface area contributed by atoms with Gasteiger partial charge in [0.1, 0.15) is 5.41 Å². The van der Waals surface area contributed by atoms with Crippen molar-refractivity contribution in [3.8, 4) is 0 Å². The van der Waals surface area contributed by atoms with E-state index in [0.29, 0.717) is 13.2 Å². The number of rotatable bonds is 4. The van der Waals surface area contributed by atoms with Gasteiger partial charge in [-0.3, -0.25) is 9.69 Å². The Morgan fingerprint density at radius 3 is 2.24 bits per heavy atom. The van der Waals surface area contributed by atoms with Gasteiger partial charge in [-0.25, -0.2) is 0 Å².